The number of rotatable bonds is 2. The molecule has 0 saturated heterocycles. The molecule has 0 aliphatic heterocycles. The summed E-state index contributed by atoms with van der Waals surface area (Å²) in [5.41, 5.74) is -0.0645. The van der Waals surface area contributed by atoms with Crippen LogP contribution in [0.5, 0.6) is 0 Å². The van der Waals surface area contributed by atoms with Gasteiger partial charge in [-0.15, -0.1) is 0 Å². The molecule has 14 heavy (non-hydrogen) atoms. The molecule has 0 atom stereocenters. The molecule has 0 radical (unpaired) electrons. The highest BCUT2D eigenvalue weighted by Crippen LogP contribution is 2.32. The van der Waals surface area contributed by atoms with Crippen LogP contribution in [0.2, 0.25) is 5.15 Å². The fraction of sp³-hybridized carbons (Fsp3) is 0.250. The number of aromatic nitrogens is 1. The average Bonchev–Trinajstić information content (AvgIpc) is 2.13. The van der Waals surface area contributed by atoms with Gasteiger partial charge in [0.25, 0.3) is 6.43 Å². The molecular formula is C8H4BrClF2N2. The van der Waals surface area contributed by atoms with Gasteiger partial charge in [0.2, 0.25) is 0 Å². The zero-order valence-corrected chi connectivity index (χ0v) is 9.11. The van der Waals surface area contributed by atoms with Crippen molar-refractivity contribution >= 4 is 27.5 Å². The highest BCUT2D eigenvalue weighted by molar-refractivity contribution is 9.10. The second kappa shape index (κ2) is 4.67. The first-order valence-electron chi connectivity index (χ1n) is 3.55. The molecule has 0 saturated carbocycles. The molecule has 0 spiro atoms. The van der Waals surface area contributed by atoms with Crippen LogP contribution in [-0.2, 0) is 6.42 Å². The smallest absolute Gasteiger partial charge is 0.243 e. The maximum Gasteiger partial charge on any atom is 0.265 e. The van der Waals surface area contributed by atoms with Crippen LogP contribution in [-0.4, -0.2) is 4.98 Å². The third kappa shape index (κ3) is 2.20. The van der Waals surface area contributed by atoms with Gasteiger partial charge in [-0.2, -0.15) is 5.26 Å². The normalized spacial score (nSPS) is 10.3. The molecular weight excluding hydrogens is 277 g/mol. The van der Waals surface area contributed by atoms with Crippen molar-refractivity contribution in [2.75, 3.05) is 0 Å². The molecule has 0 N–H and O–H groups in total. The summed E-state index contributed by atoms with van der Waals surface area (Å²) in [6.45, 7) is 0. The van der Waals surface area contributed by atoms with Crippen molar-refractivity contribution < 1.29 is 8.78 Å². The Morgan fingerprint density at radius 1 is 1.64 bits per heavy atom. The van der Waals surface area contributed by atoms with Crippen LogP contribution in [0.3, 0.4) is 0 Å². The van der Waals surface area contributed by atoms with Crippen molar-refractivity contribution in [1.29, 1.82) is 5.26 Å². The summed E-state index contributed by atoms with van der Waals surface area (Å²) >= 11 is 8.64. The number of pyridine rings is 1. The summed E-state index contributed by atoms with van der Waals surface area (Å²) in [5.74, 6) is 0. The maximum absolute atomic E-state index is 12.4. The fourth-order valence-corrected chi connectivity index (χ4v) is 1.59. The van der Waals surface area contributed by atoms with Crippen molar-refractivity contribution in [2.24, 2.45) is 0 Å². The van der Waals surface area contributed by atoms with Crippen molar-refractivity contribution in [1.82, 2.24) is 4.98 Å². The Morgan fingerprint density at radius 3 is 2.79 bits per heavy atom. The van der Waals surface area contributed by atoms with E-state index >= 15 is 0 Å². The van der Waals surface area contributed by atoms with E-state index in [0.29, 0.717) is 0 Å². The summed E-state index contributed by atoms with van der Waals surface area (Å²) in [7, 11) is 0. The molecule has 6 heteroatoms. The van der Waals surface area contributed by atoms with Crippen LogP contribution < -0.4 is 0 Å². The average molecular weight is 281 g/mol. The lowest BCUT2D eigenvalue weighted by Crippen LogP contribution is -1.97. The monoisotopic (exact) mass is 280 g/mol. The number of nitriles is 1. The van der Waals surface area contributed by atoms with Gasteiger partial charge >= 0.3 is 0 Å². The lowest BCUT2D eigenvalue weighted by atomic mass is 10.1. The van der Waals surface area contributed by atoms with E-state index in [2.05, 4.69) is 20.9 Å². The number of halogens is 4. The summed E-state index contributed by atoms with van der Waals surface area (Å²) in [6.07, 6.45) is -1.79. The SMILES string of the molecule is N#CCc1c(C(F)F)cnc(Cl)c1Br. The minimum Gasteiger partial charge on any atom is -0.243 e. The van der Waals surface area contributed by atoms with Crippen LogP contribution in [0.4, 0.5) is 8.78 Å². The van der Waals surface area contributed by atoms with E-state index in [9.17, 15) is 8.78 Å². The first kappa shape index (κ1) is 11.3. The quantitative estimate of drug-likeness (QED) is 0.778. The Bertz CT molecular complexity index is 390. The van der Waals surface area contributed by atoms with Gasteiger partial charge in [0, 0.05) is 11.8 Å². The third-order valence-corrected chi connectivity index (χ3v) is 2.97. The molecule has 1 heterocycles. The molecule has 1 aromatic heterocycles. The fourth-order valence-electron chi connectivity index (χ4n) is 0.959. The third-order valence-electron chi connectivity index (χ3n) is 1.60. The molecule has 0 aliphatic rings. The zero-order chi connectivity index (χ0) is 10.7. The maximum atomic E-state index is 12.4. The Hall–Kier alpha value is -0.730. The number of hydrogen-bond acceptors (Lipinski definition) is 2. The van der Waals surface area contributed by atoms with Crippen LogP contribution in [0, 0.1) is 11.3 Å². The van der Waals surface area contributed by atoms with Gasteiger partial charge in [0.05, 0.1) is 17.0 Å². The lowest BCUT2D eigenvalue weighted by molar-refractivity contribution is 0.150. The van der Waals surface area contributed by atoms with Gasteiger partial charge in [-0.05, 0) is 21.5 Å². The molecule has 0 aromatic carbocycles. The first-order valence-corrected chi connectivity index (χ1v) is 4.73. The van der Waals surface area contributed by atoms with Gasteiger partial charge < -0.3 is 0 Å². The minimum absolute atomic E-state index is 0.0830. The van der Waals surface area contributed by atoms with Crippen LogP contribution >= 0.6 is 27.5 Å². The van der Waals surface area contributed by atoms with Crippen molar-refractivity contribution in [3.63, 3.8) is 0 Å². The highest BCUT2D eigenvalue weighted by Gasteiger charge is 2.17. The Morgan fingerprint density at radius 2 is 2.29 bits per heavy atom. The molecule has 1 aromatic rings. The summed E-state index contributed by atoms with van der Waals surface area (Å²) < 4.78 is 25.2. The standard InChI is InChI=1S/C8H4BrClF2N2/c9-6-4(1-2-13)5(8(11)12)3-14-7(6)10/h3,8H,1H2. The van der Waals surface area contributed by atoms with Crippen molar-refractivity contribution in [3.8, 4) is 6.07 Å². The Labute approximate surface area is 92.6 Å². The largest absolute Gasteiger partial charge is 0.265 e. The second-order valence-electron chi connectivity index (χ2n) is 2.43. The van der Waals surface area contributed by atoms with Crippen molar-refractivity contribution in [3.05, 3.63) is 26.9 Å². The summed E-state index contributed by atoms with van der Waals surface area (Å²) in [5, 5.41) is 8.55. The highest BCUT2D eigenvalue weighted by atomic mass is 79.9. The van der Waals surface area contributed by atoms with Crippen LogP contribution in [0.1, 0.15) is 17.6 Å². The van der Waals surface area contributed by atoms with Gasteiger partial charge in [0.15, 0.2) is 0 Å². The van der Waals surface area contributed by atoms with Gasteiger partial charge in [-0.25, -0.2) is 13.8 Å². The van der Waals surface area contributed by atoms with E-state index in [1.54, 1.807) is 6.07 Å². The van der Waals surface area contributed by atoms with E-state index in [0.717, 1.165) is 6.20 Å². The first-order chi connectivity index (χ1) is 6.57. The van der Waals surface area contributed by atoms with Crippen molar-refractivity contribution in [2.45, 2.75) is 12.8 Å². The minimum atomic E-state index is -2.65. The number of hydrogen-bond donors (Lipinski definition) is 0. The van der Waals surface area contributed by atoms with Crippen LogP contribution in [0.15, 0.2) is 10.7 Å². The summed E-state index contributed by atoms with van der Waals surface area (Å²) in [4.78, 5) is 3.57. The molecule has 0 bridgehead atoms. The molecule has 0 amide bonds. The lowest BCUT2D eigenvalue weighted by Gasteiger charge is -2.08. The number of nitrogens with zero attached hydrogens (tertiary/aromatic N) is 2. The molecule has 0 unspecified atom stereocenters. The van der Waals surface area contributed by atoms with E-state index in [4.69, 9.17) is 16.9 Å². The molecule has 74 valence electrons. The molecule has 0 fully saturated rings. The van der Waals surface area contributed by atoms with Gasteiger partial charge in [0.1, 0.15) is 5.15 Å². The van der Waals surface area contributed by atoms with E-state index in [-0.39, 0.29) is 27.2 Å². The van der Waals surface area contributed by atoms with Crippen LogP contribution in [0.25, 0.3) is 0 Å². The molecule has 2 nitrogen and oxygen atoms in total. The van der Waals surface area contributed by atoms with Gasteiger partial charge in [-0.1, -0.05) is 11.6 Å². The molecule has 1 rings (SSSR count). The molecule has 0 aliphatic carbocycles. The van der Waals surface area contributed by atoms with E-state index in [1.165, 1.54) is 0 Å². The van der Waals surface area contributed by atoms with E-state index in [1.807, 2.05) is 0 Å². The Balaban J connectivity index is 3.31. The topological polar surface area (TPSA) is 36.7 Å². The summed E-state index contributed by atoms with van der Waals surface area (Å²) in [6, 6.07) is 1.80. The van der Waals surface area contributed by atoms with E-state index < -0.39 is 6.43 Å². The predicted molar refractivity (Wildman–Crippen MR) is 51.2 cm³/mol. The zero-order valence-electron chi connectivity index (χ0n) is 6.77. The Kier molecular flexibility index (Phi) is 3.78. The second-order valence-corrected chi connectivity index (χ2v) is 3.58. The number of alkyl halides is 2. The predicted octanol–water partition coefficient (Wildman–Crippen LogP) is 3.50. The van der Waals surface area contributed by atoms with Gasteiger partial charge in [-0.3, -0.25) is 0 Å².